The van der Waals surface area contributed by atoms with E-state index in [2.05, 4.69) is 36.0 Å². The molecule has 0 saturated carbocycles. The zero-order valence-electron chi connectivity index (χ0n) is 10.4. The van der Waals surface area contributed by atoms with Crippen LogP contribution in [-0.4, -0.2) is 53.3 Å². The molecule has 0 spiro atoms. The van der Waals surface area contributed by atoms with E-state index in [4.69, 9.17) is 5.11 Å². The van der Waals surface area contributed by atoms with E-state index in [1.807, 2.05) is 0 Å². The van der Waals surface area contributed by atoms with Crippen molar-refractivity contribution in [2.75, 3.05) is 5.32 Å². The summed E-state index contributed by atoms with van der Waals surface area (Å²) >= 11 is 0. The number of carbonyl (C=O) groups excluding carboxylic acids is 1. The topological polar surface area (TPSA) is 151 Å². The van der Waals surface area contributed by atoms with Crippen molar-refractivity contribution < 1.29 is 14.7 Å². The Morgan fingerprint density at radius 2 is 2.35 bits per heavy atom. The van der Waals surface area contributed by atoms with Crippen LogP contribution in [0, 0.1) is 0 Å². The summed E-state index contributed by atoms with van der Waals surface area (Å²) in [6.07, 6.45) is 2.99. The lowest BCUT2D eigenvalue weighted by atomic mass is 10.2. The summed E-state index contributed by atoms with van der Waals surface area (Å²) in [4.78, 5) is 30.4. The van der Waals surface area contributed by atoms with Crippen LogP contribution in [0.5, 0.6) is 0 Å². The van der Waals surface area contributed by atoms with E-state index < -0.39 is 18.0 Å². The lowest BCUT2D eigenvalue weighted by molar-refractivity contribution is -0.139. The second-order valence-corrected chi connectivity index (χ2v) is 3.87. The van der Waals surface area contributed by atoms with Crippen molar-refractivity contribution in [2.45, 2.75) is 12.5 Å². The zero-order valence-corrected chi connectivity index (χ0v) is 10.4. The van der Waals surface area contributed by atoms with Gasteiger partial charge in [-0.3, -0.25) is 5.32 Å². The van der Waals surface area contributed by atoms with Crippen molar-refractivity contribution in [1.82, 2.24) is 35.5 Å². The lowest BCUT2D eigenvalue weighted by Gasteiger charge is -2.13. The van der Waals surface area contributed by atoms with Gasteiger partial charge in [0.05, 0.1) is 13.4 Å². The van der Waals surface area contributed by atoms with Crippen molar-refractivity contribution in [3.05, 3.63) is 18.2 Å². The number of carboxylic acid groups (broad SMARTS) is 1. The predicted octanol–water partition coefficient (Wildman–Crippen LogP) is -1.25. The molecule has 2 aromatic rings. The number of amides is 2. The van der Waals surface area contributed by atoms with Crippen molar-refractivity contribution in [3.63, 3.8) is 0 Å². The maximum Gasteiger partial charge on any atom is 0.326 e. The third-order valence-corrected chi connectivity index (χ3v) is 2.32. The molecule has 11 heteroatoms. The standard InChI is InChI=1S/C9H12N8O3/c1-17-15-8(14-16-17)13-9(20)12-6(7(18)19)2-5-3-10-4-11-5/h3-4,6H,2H2,1H3,(H,10,11)(H,18,19)(H2,12,13,15,20)/t6-/m1/s1. The van der Waals surface area contributed by atoms with Crippen LogP contribution in [0.15, 0.2) is 12.5 Å². The Morgan fingerprint density at radius 1 is 1.55 bits per heavy atom. The molecule has 0 aliphatic heterocycles. The second kappa shape index (κ2) is 5.77. The van der Waals surface area contributed by atoms with Crippen LogP contribution in [0.2, 0.25) is 0 Å². The van der Waals surface area contributed by atoms with Gasteiger partial charge in [0.25, 0.3) is 5.95 Å². The number of tetrazole rings is 1. The smallest absolute Gasteiger partial charge is 0.326 e. The molecule has 0 saturated heterocycles. The third-order valence-electron chi connectivity index (χ3n) is 2.32. The Morgan fingerprint density at radius 3 is 2.90 bits per heavy atom. The fourth-order valence-electron chi connectivity index (χ4n) is 1.45. The summed E-state index contributed by atoms with van der Waals surface area (Å²) in [6.45, 7) is 0. The van der Waals surface area contributed by atoms with E-state index in [0.29, 0.717) is 5.69 Å². The van der Waals surface area contributed by atoms with Crippen LogP contribution in [0.1, 0.15) is 5.69 Å². The fraction of sp³-hybridized carbons (Fsp3) is 0.333. The van der Waals surface area contributed by atoms with Crippen LogP contribution in [0.3, 0.4) is 0 Å². The second-order valence-electron chi connectivity index (χ2n) is 3.87. The number of aryl methyl sites for hydroxylation is 1. The minimum Gasteiger partial charge on any atom is -0.480 e. The monoisotopic (exact) mass is 280 g/mol. The number of carbonyl (C=O) groups is 2. The summed E-state index contributed by atoms with van der Waals surface area (Å²) in [5.41, 5.74) is 0.593. The molecule has 20 heavy (non-hydrogen) atoms. The number of urea groups is 1. The quantitative estimate of drug-likeness (QED) is 0.534. The first-order chi connectivity index (χ1) is 9.54. The minimum atomic E-state index is -1.16. The van der Waals surface area contributed by atoms with E-state index in [-0.39, 0.29) is 12.4 Å². The lowest BCUT2D eigenvalue weighted by Crippen LogP contribution is -2.44. The zero-order chi connectivity index (χ0) is 14.5. The molecule has 0 unspecified atom stereocenters. The van der Waals surface area contributed by atoms with Gasteiger partial charge in [0.15, 0.2) is 0 Å². The first-order valence-electron chi connectivity index (χ1n) is 5.56. The Bertz CT molecular complexity index is 592. The summed E-state index contributed by atoms with van der Waals surface area (Å²) in [5.74, 6) is -1.18. The number of H-pyrrole nitrogens is 1. The van der Waals surface area contributed by atoms with Crippen LogP contribution >= 0.6 is 0 Å². The number of aromatic nitrogens is 6. The van der Waals surface area contributed by atoms with Gasteiger partial charge in [0, 0.05) is 18.3 Å². The Balaban J connectivity index is 1.94. The van der Waals surface area contributed by atoms with E-state index in [1.165, 1.54) is 19.6 Å². The molecule has 0 aliphatic rings. The maximum atomic E-state index is 11.6. The molecular formula is C9H12N8O3. The van der Waals surface area contributed by atoms with Crippen LogP contribution < -0.4 is 10.6 Å². The Kier molecular flexibility index (Phi) is 3.88. The molecular weight excluding hydrogens is 268 g/mol. The summed E-state index contributed by atoms with van der Waals surface area (Å²) in [6, 6.07) is -1.84. The van der Waals surface area contributed by atoms with Gasteiger partial charge in [-0.25, -0.2) is 14.6 Å². The number of anilines is 1. The molecule has 2 heterocycles. The number of aromatic amines is 1. The molecule has 2 aromatic heterocycles. The van der Waals surface area contributed by atoms with E-state index in [1.54, 1.807) is 0 Å². The number of rotatable bonds is 5. The number of hydrogen-bond donors (Lipinski definition) is 4. The molecule has 0 fully saturated rings. The van der Waals surface area contributed by atoms with Gasteiger partial charge in [0.1, 0.15) is 6.04 Å². The molecule has 106 valence electrons. The van der Waals surface area contributed by atoms with E-state index in [9.17, 15) is 9.59 Å². The highest BCUT2D eigenvalue weighted by Crippen LogP contribution is 2.00. The van der Waals surface area contributed by atoms with Crippen molar-refractivity contribution in [3.8, 4) is 0 Å². The molecule has 11 nitrogen and oxygen atoms in total. The molecule has 4 N–H and O–H groups in total. The average Bonchev–Trinajstić information content (AvgIpc) is 3.00. The molecule has 1 atom stereocenters. The van der Waals surface area contributed by atoms with Crippen molar-refractivity contribution in [2.24, 2.45) is 7.05 Å². The molecule has 0 aromatic carbocycles. The van der Waals surface area contributed by atoms with Crippen LogP contribution in [0.4, 0.5) is 10.7 Å². The third kappa shape index (κ3) is 3.51. The number of aliphatic carboxylic acids is 1. The van der Waals surface area contributed by atoms with Gasteiger partial charge in [-0.15, -0.1) is 5.10 Å². The SMILES string of the molecule is Cn1nnc(NC(=O)N[C@H](Cc2cnc[nH]2)C(=O)O)n1. The van der Waals surface area contributed by atoms with Gasteiger partial charge < -0.3 is 15.4 Å². The molecule has 0 aliphatic carbocycles. The van der Waals surface area contributed by atoms with Gasteiger partial charge in [-0.1, -0.05) is 5.10 Å². The minimum absolute atomic E-state index is 0.0179. The number of nitrogens with zero attached hydrogens (tertiary/aromatic N) is 5. The van der Waals surface area contributed by atoms with Crippen LogP contribution in [0.25, 0.3) is 0 Å². The van der Waals surface area contributed by atoms with Gasteiger partial charge >= 0.3 is 12.0 Å². The van der Waals surface area contributed by atoms with Crippen LogP contribution in [-0.2, 0) is 18.3 Å². The summed E-state index contributed by atoms with van der Waals surface area (Å²) in [7, 11) is 1.54. The fourth-order valence-corrected chi connectivity index (χ4v) is 1.45. The number of nitrogens with one attached hydrogen (secondary N) is 3. The maximum absolute atomic E-state index is 11.6. The first-order valence-corrected chi connectivity index (χ1v) is 5.56. The highest BCUT2D eigenvalue weighted by molar-refractivity contribution is 5.90. The van der Waals surface area contributed by atoms with E-state index in [0.717, 1.165) is 4.80 Å². The molecule has 0 radical (unpaired) electrons. The Labute approximate surface area is 112 Å². The van der Waals surface area contributed by atoms with Crippen molar-refractivity contribution in [1.29, 1.82) is 0 Å². The number of hydrogen-bond acceptors (Lipinski definition) is 6. The largest absolute Gasteiger partial charge is 0.480 e. The number of imidazole rings is 1. The highest BCUT2D eigenvalue weighted by Gasteiger charge is 2.21. The predicted molar refractivity (Wildman–Crippen MR) is 64.7 cm³/mol. The van der Waals surface area contributed by atoms with Gasteiger partial charge in [0.2, 0.25) is 0 Å². The first kappa shape index (κ1) is 13.5. The average molecular weight is 280 g/mol. The van der Waals surface area contributed by atoms with Crippen molar-refractivity contribution >= 4 is 17.9 Å². The summed E-state index contributed by atoms with van der Waals surface area (Å²) < 4.78 is 0. The Hall–Kier alpha value is -2.98. The molecule has 2 rings (SSSR count). The summed E-state index contributed by atoms with van der Waals surface area (Å²) in [5, 5.41) is 24.5. The number of carboxylic acids is 1. The normalized spacial score (nSPS) is 11.8. The van der Waals surface area contributed by atoms with Gasteiger partial charge in [-0.2, -0.15) is 4.80 Å². The van der Waals surface area contributed by atoms with E-state index >= 15 is 0 Å². The van der Waals surface area contributed by atoms with Gasteiger partial charge in [-0.05, 0) is 5.21 Å². The molecule has 0 bridgehead atoms. The highest BCUT2D eigenvalue weighted by atomic mass is 16.4. The molecule has 2 amide bonds.